The number of hydrogen-bond donors (Lipinski definition) is 2. The summed E-state index contributed by atoms with van der Waals surface area (Å²) in [5.74, 6) is 1.98. The molecule has 2 aromatic carbocycles. The molecule has 1 fully saturated rings. The predicted octanol–water partition coefficient (Wildman–Crippen LogP) is 6.01. The van der Waals surface area contributed by atoms with Crippen LogP contribution >= 0.6 is 0 Å². The van der Waals surface area contributed by atoms with Gasteiger partial charge in [-0.2, -0.15) is 0 Å². The molecule has 42 heavy (non-hydrogen) atoms. The van der Waals surface area contributed by atoms with E-state index in [0.29, 0.717) is 35.3 Å². The van der Waals surface area contributed by atoms with Gasteiger partial charge >= 0.3 is 0 Å². The van der Waals surface area contributed by atoms with E-state index in [1.807, 2.05) is 60.7 Å². The van der Waals surface area contributed by atoms with E-state index in [-0.39, 0.29) is 0 Å². The summed E-state index contributed by atoms with van der Waals surface area (Å²) < 4.78 is 22.1. The molecule has 0 aromatic heterocycles. The number of aliphatic imine (C=N–C) groups is 1. The largest absolute Gasteiger partial charge is 0.494 e. The highest BCUT2D eigenvalue weighted by Gasteiger charge is 2.12. The van der Waals surface area contributed by atoms with Crippen LogP contribution in [0.3, 0.4) is 0 Å². The zero-order chi connectivity index (χ0) is 29.7. The number of morpholine rings is 1. The predicted molar refractivity (Wildman–Crippen MR) is 172 cm³/mol. The first-order chi connectivity index (χ1) is 20.5. The van der Waals surface area contributed by atoms with Crippen molar-refractivity contribution < 1.29 is 18.9 Å². The Balaban J connectivity index is 1.34. The lowest BCUT2D eigenvalue weighted by Gasteiger charge is -2.26. The number of nitrogens with one attached hydrogen (secondary N) is 1. The zero-order valence-electron chi connectivity index (χ0n) is 24.7. The molecule has 0 bridgehead atoms. The average Bonchev–Trinajstić information content (AvgIpc) is 3.00. The molecule has 8 heteroatoms. The van der Waals surface area contributed by atoms with Gasteiger partial charge in [0.15, 0.2) is 11.5 Å². The van der Waals surface area contributed by atoms with Crippen LogP contribution < -0.4 is 20.5 Å². The molecule has 2 aliphatic heterocycles. The molecule has 4 rings (SSSR count). The fourth-order valence-electron chi connectivity index (χ4n) is 4.64. The van der Waals surface area contributed by atoms with Crippen LogP contribution in [0.5, 0.6) is 11.5 Å². The number of methoxy groups -OCH3 is 2. The molecule has 0 aliphatic carbocycles. The van der Waals surface area contributed by atoms with Gasteiger partial charge in [0.2, 0.25) is 0 Å². The van der Waals surface area contributed by atoms with Gasteiger partial charge in [0, 0.05) is 42.2 Å². The maximum absolute atomic E-state index is 6.45. The zero-order valence-corrected chi connectivity index (χ0v) is 24.7. The molecule has 0 atom stereocenters. The van der Waals surface area contributed by atoms with E-state index in [1.165, 1.54) is 0 Å². The molecule has 0 unspecified atom stereocenters. The van der Waals surface area contributed by atoms with Crippen LogP contribution in [0.15, 0.2) is 96.3 Å². The Kier molecular flexibility index (Phi) is 11.4. The number of ether oxygens (including phenoxy) is 4. The Labute approximate surface area is 249 Å². The van der Waals surface area contributed by atoms with Crippen LogP contribution in [0.1, 0.15) is 30.4 Å². The van der Waals surface area contributed by atoms with E-state index < -0.39 is 0 Å². The van der Waals surface area contributed by atoms with Crippen LogP contribution in [0.2, 0.25) is 0 Å². The summed E-state index contributed by atoms with van der Waals surface area (Å²) in [5, 5.41) is 3.30. The lowest BCUT2D eigenvalue weighted by atomic mass is 10.1. The fourth-order valence-corrected chi connectivity index (χ4v) is 4.64. The molecule has 0 radical (unpaired) electrons. The number of benzene rings is 2. The first-order valence-electron chi connectivity index (χ1n) is 14.3. The number of allylic oxidation sites excluding steroid dienone is 4. The van der Waals surface area contributed by atoms with Crippen LogP contribution in [-0.2, 0) is 9.47 Å². The summed E-state index contributed by atoms with van der Waals surface area (Å²) in [6, 6.07) is 13.6. The lowest BCUT2D eigenvalue weighted by molar-refractivity contribution is 0.0353. The molecule has 2 heterocycles. The maximum atomic E-state index is 6.45. The van der Waals surface area contributed by atoms with Crippen molar-refractivity contribution in [3.63, 3.8) is 0 Å². The molecular formula is C34H42N4O4. The molecule has 1 saturated heterocycles. The second-order valence-corrected chi connectivity index (χ2v) is 10.1. The molecule has 0 amide bonds. The number of hydrogen-bond acceptors (Lipinski definition) is 8. The standard InChI is InChI=1S/C34H42N4O4/c1-25(36-29-14-11-27(12-15-29)26(2)42-20-8-17-38-18-21-41-22-19-38)31(35)24-30-9-6-5-7-10-32(37-30)28-13-16-33(39-3)34(23-28)40-4/h5,7,10-16,23-24,36H,1-2,6,8-9,17-22,35H2,3-4H3/b7-5-,31-24?,32-10-,37-30?. The Morgan fingerprint density at radius 3 is 2.57 bits per heavy atom. The van der Waals surface area contributed by atoms with Gasteiger partial charge in [0.1, 0.15) is 5.76 Å². The van der Waals surface area contributed by atoms with Gasteiger partial charge in [-0.1, -0.05) is 25.3 Å². The van der Waals surface area contributed by atoms with Crippen molar-refractivity contribution in [1.29, 1.82) is 0 Å². The number of rotatable bonds is 13. The van der Waals surface area contributed by atoms with Gasteiger partial charge in [0.25, 0.3) is 0 Å². The second kappa shape index (κ2) is 15.7. The Morgan fingerprint density at radius 2 is 1.83 bits per heavy atom. The minimum absolute atomic E-state index is 0.516. The second-order valence-electron chi connectivity index (χ2n) is 10.1. The summed E-state index contributed by atoms with van der Waals surface area (Å²) in [6.07, 6.45) is 10.6. The Hall–Kier alpha value is -4.27. The van der Waals surface area contributed by atoms with Crippen molar-refractivity contribution in [3.8, 4) is 11.5 Å². The van der Waals surface area contributed by atoms with Gasteiger partial charge < -0.3 is 30.0 Å². The monoisotopic (exact) mass is 570 g/mol. The van der Waals surface area contributed by atoms with Crippen molar-refractivity contribution in [1.82, 2.24) is 4.90 Å². The van der Waals surface area contributed by atoms with E-state index in [0.717, 1.165) is 80.3 Å². The van der Waals surface area contributed by atoms with Crippen LogP contribution in [0.4, 0.5) is 5.69 Å². The topological polar surface area (TPSA) is 90.6 Å². The third-order valence-electron chi connectivity index (χ3n) is 7.07. The third kappa shape index (κ3) is 8.86. The average molecular weight is 571 g/mol. The van der Waals surface area contributed by atoms with Crippen molar-refractivity contribution in [2.45, 2.75) is 19.3 Å². The van der Waals surface area contributed by atoms with Gasteiger partial charge in [0.05, 0.1) is 51.1 Å². The Morgan fingerprint density at radius 1 is 1.07 bits per heavy atom. The maximum Gasteiger partial charge on any atom is 0.161 e. The first-order valence-corrected chi connectivity index (χ1v) is 14.3. The van der Waals surface area contributed by atoms with Gasteiger partial charge in [-0.25, -0.2) is 0 Å². The summed E-state index contributed by atoms with van der Waals surface area (Å²) >= 11 is 0. The summed E-state index contributed by atoms with van der Waals surface area (Å²) in [7, 11) is 3.24. The highest BCUT2D eigenvalue weighted by molar-refractivity contribution is 6.00. The smallest absolute Gasteiger partial charge is 0.161 e. The van der Waals surface area contributed by atoms with E-state index in [4.69, 9.17) is 29.7 Å². The fraction of sp³-hybridized carbons (Fsp3) is 0.324. The van der Waals surface area contributed by atoms with Crippen molar-refractivity contribution >= 4 is 22.9 Å². The van der Waals surface area contributed by atoms with Gasteiger partial charge in [-0.05, 0) is 73.9 Å². The van der Waals surface area contributed by atoms with Crippen LogP contribution in [0, 0.1) is 0 Å². The molecule has 2 aromatic rings. The molecule has 0 saturated carbocycles. The Bertz CT molecular complexity index is 1350. The lowest BCUT2D eigenvalue weighted by Crippen LogP contribution is -2.37. The van der Waals surface area contributed by atoms with Gasteiger partial charge in [-0.3, -0.25) is 9.89 Å². The van der Waals surface area contributed by atoms with E-state index in [9.17, 15) is 0 Å². The number of nitrogens with two attached hydrogens (primary N) is 1. The normalized spacial score (nSPS) is 18.0. The van der Waals surface area contributed by atoms with Crippen molar-refractivity contribution in [2.24, 2.45) is 10.7 Å². The van der Waals surface area contributed by atoms with Crippen molar-refractivity contribution in [2.75, 3.05) is 59.0 Å². The molecule has 0 spiro atoms. The quantitative estimate of drug-likeness (QED) is 0.173. The summed E-state index contributed by atoms with van der Waals surface area (Å²) in [4.78, 5) is 7.33. The minimum Gasteiger partial charge on any atom is -0.494 e. The number of nitrogens with zero attached hydrogens (tertiary/aromatic N) is 2. The van der Waals surface area contributed by atoms with E-state index in [2.05, 4.69) is 29.5 Å². The SMILES string of the molecule is C=C(Nc1ccc(C(=C)OCCCN2CCOCC2)cc1)C(N)=CC1=N/C(c2ccc(OC)c(OC)c2)=C\C=C/CC1. The highest BCUT2D eigenvalue weighted by atomic mass is 16.5. The minimum atomic E-state index is 0.516. The summed E-state index contributed by atoms with van der Waals surface area (Å²) in [5.41, 5.74) is 12.0. The van der Waals surface area contributed by atoms with Crippen molar-refractivity contribution in [3.05, 3.63) is 102 Å². The molecule has 8 nitrogen and oxygen atoms in total. The van der Waals surface area contributed by atoms with Crippen LogP contribution in [0.25, 0.3) is 11.5 Å². The van der Waals surface area contributed by atoms with E-state index in [1.54, 1.807) is 14.2 Å². The molecule has 222 valence electrons. The summed E-state index contributed by atoms with van der Waals surface area (Å²) in [6.45, 7) is 13.5. The third-order valence-corrected chi connectivity index (χ3v) is 7.07. The highest BCUT2D eigenvalue weighted by Crippen LogP contribution is 2.31. The van der Waals surface area contributed by atoms with E-state index >= 15 is 0 Å². The molecule has 3 N–H and O–H groups in total. The molecular weight excluding hydrogens is 528 g/mol. The molecule has 2 aliphatic rings. The first kappa shape index (κ1) is 30.7. The van der Waals surface area contributed by atoms with Gasteiger partial charge in [-0.15, -0.1) is 0 Å². The number of anilines is 1. The van der Waals surface area contributed by atoms with Crippen LogP contribution in [-0.4, -0.2) is 64.3 Å².